The van der Waals surface area contributed by atoms with E-state index in [1.165, 1.54) is 36.9 Å². The molecule has 1 aliphatic carbocycles. The first-order valence-electron chi connectivity index (χ1n) is 10.2. The third kappa shape index (κ3) is 5.14. The minimum atomic E-state index is -3.87. The molecule has 32 heavy (non-hydrogen) atoms. The van der Waals surface area contributed by atoms with Gasteiger partial charge in [0.25, 0.3) is 0 Å². The summed E-state index contributed by atoms with van der Waals surface area (Å²) in [7, 11) is -2.62. The predicted octanol–water partition coefficient (Wildman–Crippen LogP) is 2.29. The molecule has 1 atom stereocenters. The number of hydrogen-bond donors (Lipinski definition) is 1. The van der Waals surface area contributed by atoms with E-state index in [1.54, 1.807) is 48.8 Å². The summed E-state index contributed by atoms with van der Waals surface area (Å²) in [5.41, 5.74) is 1.15. The molecule has 0 amide bonds. The molecule has 3 aromatic rings. The number of sulfone groups is 1. The van der Waals surface area contributed by atoms with Crippen LogP contribution in [-0.2, 0) is 19.4 Å². The Labute approximate surface area is 186 Å². The van der Waals surface area contributed by atoms with Crippen molar-refractivity contribution in [2.24, 2.45) is 5.92 Å². The second-order valence-corrected chi connectivity index (χ2v) is 9.55. The first kappa shape index (κ1) is 22.0. The van der Waals surface area contributed by atoms with Gasteiger partial charge in [0.05, 0.1) is 43.2 Å². The maximum absolute atomic E-state index is 13.4. The number of esters is 1. The van der Waals surface area contributed by atoms with Crippen molar-refractivity contribution in [3.63, 3.8) is 0 Å². The van der Waals surface area contributed by atoms with Crippen molar-refractivity contribution in [1.29, 1.82) is 0 Å². The molecular formula is C22H24N4O5S. The van der Waals surface area contributed by atoms with Gasteiger partial charge in [-0.15, -0.1) is 0 Å². The highest BCUT2D eigenvalue weighted by atomic mass is 32.2. The van der Waals surface area contributed by atoms with Gasteiger partial charge in [-0.25, -0.2) is 8.42 Å². The van der Waals surface area contributed by atoms with Crippen LogP contribution < -0.4 is 10.1 Å². The zero-order chi connectivity index (χ0) is 22.6. The summed E-state index contributed by atoms with van der Waals surface area (Å²) in [4.78, 5) is 13.2. The number of methoxy groups -OCH3 is 1. The van der Waals surface area contributed by atoms with Crippen molar-refractivity contribution in [3.8, 4) is 11.4 Å². The molecule has 1 fully saturated rings. The average molecular weight is 457 g/mol. The molecule has 0 bridgehead atoms. The third-order valence-electron chi connectivity index (χ3n) is 5.15. The van der Waals surface area contributed by atoms with E-state index in [0.29, 0.717) is 29.5 Å². The van der Waals surface area contributed by atoms with E-state index < -0.39 is 21.2 Å². The Morgan fingerprint density at radius 2 is 1.75 bits per heavy atom. The second-order valence-electron chi connectivity index (χ2n) is 7.52. The highest BCUT2D eigenvalue weighted by molar-refractivity contribution is 7.91. The van der Waals surface area contributed by atoms with Gasteiger partial charge in [0.15, 0.2) is 9.84 Å². The summed E-state index contributed by atoms with van der Waals surface area (Å²) in [5, 5.41) is 9.79. The van der Waals surface area contributed by atoms with Gasteiger partial charge < -0.3 is 9.47 Å². The molecule has 1 saturated carbocycles. The fraction of sp³-hybridized carbons (Fsp3) is 0.318. The number of ether oxygens (including phenoxy) is 2. The Bertz CT molecular complexity index is 1140. The molecule has 168 valence electrons. The molecule has 10 heteroatoms. The number of nitrogens with zero attached hydrogens (tertiary/aromatic N) is 3. The molecule has 0 radical (unpaired) electrons. The number of nitrogens with one attached hydrogen (secondary N) is 1. The minimum absolute atomic E-state index is 0.122. The molecule has 1 aliphatic rings. The van der Waals surface area contributed by atoms with Crippen LogP contribution in [0.25, 0.3) is 5.69 Å². The molecule has 1 N–H and O–H groups in total. The first-order valence-corrected chi connectivity index (χ1v) is 11.8. The van der Waals surface area contributed by atoms with Crippen molar-refractivity contribution in [2.75, 3.05) is 20.3 Å². The largest absolute Gasteiger partial charge is 0.493 e. The molecule has 1 heterocycles. The Hall–Kier alpha value is -3.24. The van der Waals surface area contributed by atoms with E-state index >= 15 is 0 Å². The van der Waals surface area contributed by atoms with Crippen molar-refractivity contribution in [1.82, 2.24) is 20.3 Å². The van der Waals surface area contributed by atoms with Crippen molar-refractivity contribution < 1.29 is 22.7 Å². The Balaban J connectivity index is 1.58. The molecular weight excluding hydrogens is 432 g/mol. The molecule has 0 saturated heterocycles. The summed E-state index contributed by atoms with van der Waals surface area (Å²) >= 11 is 0. The Morgan fingerprint density at radius 3 is 2.34 bits per heavy atom. The number of aromatic nitrogens is 3. The van der Waals surface area contributed by atoms with Gasteiger partial charge in [0.1, 0.15) is 11.1 Å². The quantitative estimate of drug-likeness (QED) is 0.463. The standard InChI is InChI=1S/C22H24N4O5S/c1-30-21(27)14-23-22(17-4-6-18(7-5-17)26-24-12-13-25-26)32(28,29)20-10-8-19(9-11-20)31-15-16-2-3-16/h4-13,16,22-23H,2-3,14-15H2,1H3. The Morgan fingerprint density at radius 1 is 1.09 bits per heavy atom. The smallest absolute Gasteiger partial charge is 0.319 e. The number of benzene rings is 2. The van der Waals surface area contributed by atoms with Gasteiger partial charge in [-0.2, -0.15) is 15.0 Å². The summed E-state index contributed by atoms with van der Waals surface area (Å²) in [5.74, 6) is 0.669. The van der Waals surface area contributed by atoms with Crippen LogP contribution in [0, 0.1) is 5.92 Å². The number of carbonyl (C=O) groups excluding carboxylic acids is 1. The molecule has 9 nitrogen and oxygen atoms in total. The fourth-order valence-electron chi connectivity index (χ4n) is 3.15. The third-order valence-corrected chi connectivity index (χ3v) is 7.14. The van der Waals surface area contributed by atoms with Crippen LogP contribution in [0.15, 0.2) is 65.8 Å². The summed E-state index contributed by atoms with van der Waals surface area (Å²) in [6.07, 6.45) is 5.46. The highest BCUT2D eigenvalue weighted by Crippen LogP contribution is 2.31. The van der Waals surface area contributed by atoms with E-state index in [0.717, 1.165) is 0 Å². The monoisotopic (exact) mass is 456 g/mol. The molecule has 2 aromatic carbocycles. The van der Waals surface area contributed by atoms with E-state index in [9.17, 15) is 13.2 Å². The fourth-order valence-corrected chi connectivity index (χ4v) is 4.75. The van der Waals surface area contributed by atoms with Crippen LogP contribution in [0.1, 0.15) is 23.8 Å². The van der Waals surface area contributed by atoms with Crippen LogP contribution >= 0.6 is 0 Å². The normalized spacial score (nSPS) is 14.7. The van der Waals surface area contributed by atoms with E-state index in [-0.39, 0.29) is 11.4 Å². The number of hydrogen-bond acceptors (Lipinski definition) is 8. The van der Waals surface area contributed by atoms with Crippen molar-refractivity contribution in [3.05, 3.63) is 66.5 Å². The van der Waals surface area contributed by atoms with Gasteiger partial charge in [-0.05, 0) is 60.7 Å². The van der Waals surface area contributed by atoms with Crippen LogP contribution in [-0.4, -0.2) is 49.6 Å². The van der Waals surface area contributed by atoms with Gasteiger partial charge in [0, 0.05) is 0 Å². The lowest BCUT2D eigenvalue weighted by atomic mass is 10.2. The van der Waals surface area contributed by atoms with Crippen molar-refractivity contribution in [2.45, 2.75) is 23.1 Å². The number of rotatable bonds is 10. The topological polar surface area (TPSA) is 112 Å². The lowest BCUT2D eigenvalue weighted by molar-refractivity contribution is -0.139. The van der Waals surface area contributed by atoms with Gasteiger partial charge in [-0.3, -0.25) is 10.1 Å². The van der Waals surface area contributed by atoms with E-state index in [4.69, 9.17) is 4.74 Å². The molecule has 4 rings (SSSR count). The summed E-state index contributed by atoms with van der Waals surface area (Å²) in [6.45, 7) is 0.387. The molecule has 1 aromatic heterocycles. The van der Waals surface area contributed by atoms with Crippen molar-refractivity contribution >= 4 is 15.8 Å². The summed E-state index contributed by atoms with van der Waals surface area (Å²) < 4.78 is 37.3. The van der Waals surface area contributed by atoms with Crippen LogP contribution in [0.2, 0.25) is 0 Å². The molecule has 1 unspecified atom stereocenters. The van der Waals surface area contributed by atoms with Gasteiger partial charge in [0.2, 0.25) is 0 Å². The second kappa shape index (κ2) is 9.49. The maximum Gasteiger partial charge on any atom is 0.319 e. The van der Waals surface area contributed by atoms with Crippen LogP contribution in [0.3, 0.4) is 0 Å². The minimum Gasteiger partial charge on any atom is -0.493 e. The maximum atomic E-state index is 13.4. The SMILES string of the molecule is COC(=O)CNC(c1ccc(-n2nccn2)cc1)S(=O)(=O)c1ccc(OCC2CC2)cc1. The van der Waals surface area contributed by atoms with Gasteiger partial charge in [-0.1, -0.05) is 12.1 Å². The van der Waals surface area contributed by atoms with Crippen LogP contribution in [0.5, 0.6) is 5.75 Å². The zero-order valence-electron chi connectivity index (χ0n) is 17.5. The Kier molecular flexibility index (Phi) is 6.52. The highest BCUT2D eigenvalue weighted by Gasteiger charge is 2.30. The van der Waals surface area contributed by atoms with E-state index in [1.807, 2.05) is 0 Å². The predicted molar refractivity (Wildman–Crippen MR) is 116 cm³/mol. The lowest BCUT2D eigenvalue weighted by Crippen LogP contribution is -2.33. The average Bonchev–Trinajstić information content (AvgIpc) is 3.48. The van der Waals surface area contributed by atoms with Crippen LogP contribution in [0.4, 0.5) is 0 Å². The summed E-state index contributed by atoms with van der Waals surface area (Å²) in [6, 6.07) is 13.1. The van der Waals surface area contributed by atoms with Gasteiger partial charge >= 0.3 is 5.97 Å². The lowest BCUT2D eigenvalue weighted by Gasteiger charge is -2.20. The number of carbonyl (C=O) groups is 1. The van der Waals surface area contributed by atoms with E-state index in [2.05, 4.69) is 20.3 Å². The first-order chi connectivity index (χ1) is 15.5. The molecule has 0 spiro atoms. The zero-order valence-corrected chi connectivity index (χ0v) is 18.4. The molecule has 0 aliphatic heterocycles.